The number of halogens is 1. The molecule has 0 radical (unpaired) electrons. The van der Waals surface area contributed by atoms with Gasteiger partial charge < -0.3 is 10.1 Å². The van der Waals surface area contributed by atoms with E-state index in [1.807, 2.05) is 6.92 Å². The number of allylic oxidation sites excluding steroid dienone is 2. The van der Waals surface area contributed by atoms with Crippen LogP contribution in [0.4, 0.5) is 4.39 Å². The topological polar surface area (TPSA) is 21.3 Å². The largest absolute Gasteiger partial charge is 0.479 e. The molecular weight excluding hydrogens is 241 g/mol. The Labute approximate surface area is 117 Å². The first-order valence-corrected chi connectivity index (χ1v) is 6.93. The Hall–Kier alpha value is -1.25. The van der Waals surface area contributed by atoms with Gasteiger partial charge in [-0.25, -0.2) is 4.39 Å². The van der Waals surface area contributed by atoms with Crippen LogP contribution in [-0.2, 0) is 4.74 Å². The molecule has 3 atom stereocenters. The zero-order valence-electron chi connectivity index (χ0n) is 12.7. The smallest absolute Gasteiger partial charge is 0.186 e. The lowest BCUT2D eigenvalue weighted by Gasteiger charge is -2.21. The minimum Gasteiger partial charge on any atom is -0.479 e. The summed E-state index contributed by atoms with van der Waals surface area (Å²) in [5.74, 6) is 0.509. The molecule has 0 bridgehead atoms. The first-order valence-electron chi connectivity index (χ1n) is 6.93. The molecule has 110 valence electrons. The summed E-state index contributed by atoms with van der Waals surface area (Å²) < 4.78 is 18.7. The number of rotatable bonds is 10. The second kappa shape index (κ2) is 9.65. The molecule has 0 spiro atoms. The first kappa shape index (κ1) is 17.8. The van der Waals surface area contributed by atoms with E-state index >= 15 is 0 Å². The lowest BCUT2D eigenvalue weighted by atomic mass is 10.1. The molecular formula is C16H28FNO. The highest BCUT2D eigenvalue weighted by atomic mass is 19.1. The van der Waals surface area contributed by atoms with Crippen LogP contribution < -0.4 is 5.32 Å². The van der Waals surface area contributed by atoms with Gasteiger partial charge in [0.2, 0.25) is 0 Å². The van der Waals surface area contributed by atoms with E-state index in [0.717, 1.165) is 12.8 Å². The first-order chi connectivity index (χ1) is 8.90. The summed E-state index contributed by atoms with van der Waals surface area (Å²) in [5.41, 5.74) is 1.20. The minimum atomic E-state index is -0.873. The molecule has 0 rings (SSSR count). The zero-order valence-corrected chi connectivity index (χ0v) is 12.7. The molecule has 0 aromatic heterocycles. The zero-order chi connectivity index (χ0) is 14.8. The van der Waals surface area contributed by atoms with E-state index in [-0.39, 0.29) is 12.0 Å². The van der Waals surface area contributed by atoms with E-state index in [1.54, 1.807) is 19.1 Å². The van der Waals surface area contributed by atoms with E-state index in [9.17, 15) is 4.39 Å². The summed E-state index contributed by atoms with van der Waals surface area (Å²) in [6.45, 7) is 15.6. The fourth-order valence-electron chi connectivity index (χ4n) is 1.47. The number of hydrogen-bond donors (Lipinski definition) is 1. The van der Waals surface area contributed by atoms with Crippen LogP contribution in [0.25, 0.3) is 0 Å². The summed E-state index contributed by atoms with van der Waals surface area (Å²) in [6, 6.07) is 0.233. The molecule has 3 unspecified atom stereocenters. The number of nitrogens with one attached hydrogen (secondary N) is 1. The molecule has 0 aliphatic heterocycles. The SMILES string of the molecule is C=C/C=C(/NC(C)CC(=C)CC)OCC(C)C(C)F. The van der Waals surface area contributed by atoms with Crippen LogP contribution in [0.15, 0.2) is 36.8 Å². The Bertz CT molecular complexity index is 310. The maximum Gasteiger partial charge on any atom is 0.186 e. The third-order valence-corrected chi connectivity index (χ3v) is 3.04. The predicted octanol–water partition coefficient (Wildman–Crippen LogP) is 4.36. The third-order valence-electron chi connectivity index (χ3n) is 3.04. The molecule has 0 fully saturated rings. The van der Waals surface area contributed by atoms with Crippen molar-refractivity contribution in [2.24, 2.45) is 5.92 Å². The summed E-state index contributed by atoms with van der Waals surface area (Å²) in [6.07, 6.45) is 4.42. The van der Waals surface area contributed by atoms with Crippen molar-refractivity contribution in [2.45, 2.75) is 52.8 Å². The Morgan fingerprint density at radius 1 is 1.37 bits per heavy atom. The van der Waals surface area contributed by atoms with Gasteiger partial charge in [-0.3, -0.25) is 0 Å². The summed E-state index contributed by atoms with van der Waals surface area (Å²) in [7, 11) is 0. The normalized spacial score (nSPS) is 16.4. The number of ether oxygens (including phenoxy) is 1. The van der Waals surface area contributed by atoms with Crippen molar-refractivity contribution in [1.82, 2.24) is 5.32 Å². The minimum absolute atomic E-state index is 0.129. The van der Waals surface area contributed by atoms with Crippen molar-refractivity contribution in [2.75, 3.05) is 6.61 Å². The van der Waals surface area contributed by atoms with Crippen LogP contribution >= 0.6 is 0 Å². The molecule has 0 aromatic carbocycles. The van der Waals surface area contributed by atoms with Crippen LogP contribution in [0.1, 0.15) is 40.5 Å². The van der Waals surface area contributed by atoms with Crippen LogP contribution in [0.3, 0.4) is 0 Å². The van der Waals surface area contributed by atoms with E-state index in [2.05, 4.69) is 32.3 Å². The molecule has 0 aliphatic rings. The van der Waals surface area contributed by atoms with Gasteiger partial charge >= 0.3 is 0 Å². The van der Waals surface area contributed by atoms with E-state index in [0.29, 0.717) is 12.5 Å². The van der Waals surface area contributed by atoms with Gasteiger partial charge in [-0.15, -0.1) is 0 Å². The predicted molar refractivity (Wildman–Crippen MR) is 80.6 cm³/mol. The van der Waals surface area contributed by atoms with Gasteiger partial charge in [0, 0.05) is 12.0 Å². The molecule has 0 aromatic rings. The van der Waals surface area contributed by atoms with Crippen molar-refractivity contribution in [3.8, 4) is 0 Å². The van der Waals surface area contributed by atoms with Crippen molar-refractivity contribution < 1.29 is 9.13 Å². The maximum absolute atomic E-state index is 13.1. The van der Waals surface area contributed by atoms with E-state index < -0.39 is 6.17 Å². The number of hydrogen-bond acceptors (Lipinski definition) is 2. The van der Waals surface area contributed by atoms with Gasteiger partial charge in [0.15, 0.2) is 5.88 Å². The van der Waals surface area contributed by atoms with Gasteiger partial charge in [0.25, 0.3) is 0 Å². The molecule has 0 saturated heterocycles. The lowest BCUT2D eigenvalue weighted by Crippen LogP contribution is -2.28. The molecule has 0 aliphatic carbocycles. The molecule has 1 N–H and O–H groups in total. The van der Waals surface area contributed by atoms with Gasteiger partial charge in [-0.1, -0.05) is 38.7 Å². The van der Waals surface area contributed by atoms with Crippen molar-refractivity contribution in [3.05, 3.63) is 36.8 Å². The van der Waals surface area contributed by atoms with Crippen LogP contribution in [-0.4, -0.2) is 18.8 Å². The average molecular weight is 269 g/mol. The summed E-state index contributed by atoms with van der Waals surface area (Å²) in [4.78, 5) is 0. The Balaban J connectivity index is 4.30. The average Bonchev–Trinajstić information content (AvgIpc) is 2.35. The van der Waals surface area contributed by atoms with Crippen molar-refractivity contribution in [1.29, 1.82) is 0 Å². The van der Waals surface area contributed by atoms with Crippen LogP contribution in [0.2, 0.25) is 0 Å². The van der Waals surface area contributed by atoms with Gasteiger partial charge in [-0.05, 0) is 32.8 Å². The Morgan fingerprint density at radius 2 is 2.00 bits per heavy atom. The fourth-order valence-corrected chi connectivity index (χ4v) is 1.47. The molecule has 0 saturated carbocycles. The third kappa shape index (κ3) is 8.46. The van der Waals surface area contributed by atoms with Gasteiger partial charge in [0.05, 0.1) is 6.61 Å². The Kier molecular flexibility index (Phi) is 9.02. The van der Waals surface area contributed by atoms with Crippen molar-refractivity contribution in [3.63, 3.8) is 0 Å². The highest BCUT2D eigenvalue weighted by molar-refractivity contribution is 5.05. The van der Waals surface area contributed by atoms with Crippen LogP contribution in [0.5, 0.6) is 0 Å². The lowest BCUT2D eigenvalue weighted by molar-refractivity contribution is 0.111. The standard InChI is InChI=1S/C16H28FNO/c1-7-9-16(19-11-13(4)15(6)17)18-14(5)10-12(3)8-2/h7,9,13-15,18H,1,3,8,10-11H2,2,4-6H3/b16-9-. The van der Waals surface area contributed by atoms with E-state index in [4.69, 9.17) is 4.74 Å². The molecule has 3 heteroatoms. The molecule has 2 nitrogen and oxygen atoms in total. The highest BCUT2D eigenvalue weighted by Crippen LogP contribution is 2.11. The van der Waals surface area contributed by atoms with Crippen LogP contribution in [0, 0.1) is 5.92 Å². The van der Waals surface area contributed by atoms with Gasteiger partial charge in [0.1, 0.15) is 6.17 Å². The summed E-state index contributed by atoms with van der Waals surface area (Å²) in [5, 5.41) is 3.26. The fraction of sp³-hybridized carbons (Fsp3) is 0.625. The second-order valence-electron chi connectivity index (χ2n) is 5.09. The molecule has 0 heterocycles. The monoisotopic (exact) mass is 269 g/mol. The quantitative estimate of drug-likeness (QED) is 0.361. The highest BCUT2D eigenvalue weighted by Gasteiger charge is 2.13. The molecule has 0 amide bonds. The second-order valence-corrected chi connectivity index (χ2v) is 5.09. The van der Waals surface area contributed by atoms with E-state index in [1.165, 1.54) is 5.57 Å². The Morgan fingerprint density at radius 3 is 2.47 bits per heavy atom. The maximum atomic E-state index is 13.1. The molecule has 19 heavy (non-hydrogen) atoms. The van der Waals surface area contributed by atoms with Crippen molar-refractivity contribution >= 4 is 0 Å². The van der Waals surface area contributed by atoms with Gasteiger partial charge in [-0.2, -0.15) is 0 Å². The summed E-state index contributed by atoms with van der Waals surface area (Å²) >= 11 is 0. The number of alkyl halides is 1.